The summed E-state index contributed by atoms with van der Waals surface area (Å²) >= 11 is 0. The summed E-state index contributed by atoms with van der Waals surface area (Å²) < 4.78 is 5.67. The summed E-state index contributed by atoms with van der Waals surface area (Å²) in [7, 11) is 0. The number of nitrogens with one attached hydrogen (secondary N) is 1. The van der Waals surface area contributed by atoms with Crippen LogP contribution in [0.1, 0.15) is 70.4 Å². The van der Waals surface area contributed by atoms with E-state index in [-0.39, 0.29) is 0 Å². The van der Waals surface area contributed by atoms with Gasteiger partial charge in [-0.15, -0.1) is 0 Å². The molecule has 2 atom stereocenters. The molecule has 0 bridgehead atoms. The molecule has 2 nitrogen and oxygen atoms in total. The molecule has 0 amide bonds. The first kappa shape index (κ1) is 14.3. The lowest BCUT2D eigenvalue weighted by Gasteiger charge is -2.21. The molecule has 1 N–H and O–H groups in total. The Morgan fingerprint density at radius 1 is 1.18 bits per heavy atom. The Hall–Kier alpha value is -0.760. The molecule has 0 saturated heterocycles. The number of hydrogen-bond acceptors (Lipinski definition) is 2. The summed E-state index contributed by atoms with van der Waals surface area (Å²) in [4.78, 5) is 0. The molecule has 1 heterocycles. The van der Waals surface area contributed by atoms with E-state index in [9.17, 15) is 0 Å². The van der Waals surface area contributed by atoms with Crippen molar-refractivity contribution in [2.24, 2.45) is 0 Å². The SMILES string of the molecule is CCCCC(CCC)NC(C)c1ccc(C)o1. The van der Waals surface area contributed by atoms with Crippen molar-refractivity contribution in [3.63, 3.8) is 0 Å². The van der Waals surface area contributed by atoms with Crippen molar-refractivity contribution in [1.29, 1.82) is 0 Å². The molecule has 17 heavy (non-hydrogen) atoms. The van der Waals surface area contributed by atoms with Crippen molar-refractivity contribution in [3.8, 4) is 0 Å². The molecule has 0 aliphatic rings. The Kier molecular flexibility index (Phi) is 6.35. The smallest absolute Gasteiger partial charge is 0.120 e. The number of rotatable bonds is 8. The van der Waals surface area contributed by atoms with E-state index in [1.54, 1.807) is 0 Å². The largest absolute Gasteiger partial charge is 0.465 e. The molecule has 1 aromatic heterocycles. The molecule has 2 unspecified atom stereocenters. The Balaban J connectivity index is 2.47. The van der Waals surface area contributed by atoms with Gasteiger partial charge in [-0.3, -0.25) is 0 Å². The van der Waals surface area contributed by atoms with Crippen LogP contribution in [0.4, 0.5) is 0 Å². The first-order chi connectivity index (χ1) is 8.17. The molecule has 1 aromatic rings. The van der Waals surface area contributed by atoms with Gasteiger partial charge in [0.15, 0.2) is 0 Å². The first-order valence-corrected chi connectivity index (χ1v) is 6.99. The van der Waals surface area contributed by atoms with Crippen LogP contribution in [0.3, 0.4) is 0 Å². The zero-order valence-corrected chi connectivity index (χ0v) is 11.8. The van der Waals surface area contributed by atoms with E-state index in [4.69, 9.17) is 4.42 Å². The van der Waals surface area contributed by atoms with Crippen molar-refractivity contribution in [2.45, 2.75) is 71.9 Å². The van der Waals surface area contributed by atoms with Gasteiger partial charge in [0.05, 0.1) is 6.04 Å². The average Bonchev–Trinajstić information content (AvgIpc) is 2.73. The molecular weight excluding hydrogens is 210 g/mol. The normalized spacial score (nSPS) is 14.8. The van der Waals surface area contributed by atoms with Crippen LogP contribution in [-0.2, 0) is 0 Å². The van der Waals surface area contributed by atoms with Crippen LogP contribution < -0.4 is 5.32 Å². The topological polar surface area (TPSA) is 25.2 Å². The summed E-state index contributed by atoms with van der Waals surface area (Å²) in [5.41, 5.74) is 0. The maximum atomic E-state index is 5.67. The third kappa shape index (κ3) is 4.95. The Labute approximate surface area is 106 Å². The van der Waals surface area contributed by atoms with Crippen molar-refractivity contribution in [2.75, 3.05) is 0 Å². The molecule has 0 aromatic carbocycles. The molecule has 0 aliphatic carbocycles. The highest BCUT2D eigenvalue weighted by molar-refractivity contribution is 5.09. The summed E-state index contributed by atoms with van der Waals surface area (Å²) in [6.45, 7) is 8.69. The fraction of sp³-hybridized carbons (Fsp3) is 0.733. The van der Waals surface area contributed by atoms with Crippen molar-refractivity contribution < 1.29 is 4.42 Å². The zero-order valence-electron chi connectivity index (χ0n) is 11.8. The number of aryl methyl sites for hydroxylation is 1. The average molecular weight is 237 g/mol. The maximum absolute atomic E-state index is 5.67. The van der Waals surface area contributed by atoms with Gasteiger partial charge < -0.3 is 9.73 Å². The monoisotopic (exact) mass is 237 g/mol. The highest BCUT2D eigenvalue weighted by atomic mass is 16.3. The fourth-order valence-electron chi connectivity index (χ4n) is 2.23. The minimum absolute atomic E-state index is 0.317. The van der Waals surface area contributed by atoms with Crippen LogP contribution in [0.25, 0.3) is 0 Å². The standard InChI is InChI=1S/C15H27NO/c1-5-7-9-14(8-6-2)16-13(4)15-11-10-12(3)17-15/h10-11,13-14,16H,5-9H2,1-4H3. The van der Waals surface area contributed by atoms with Gasteiger partial charge in [-0.25, -0.2) is 0 Å². The van der Waals surface area contributed by atoms with Crippen LogP contribution in [-0.4, -0.2) is 6.04 Å². The molecule has 2 heteroatoms. The van der Waals surface area contributed by atoms with Crippen LogP contribution in [0.2, 0.25) is 0 Å². The quantitative estimate of drug-likeness (QED) is 0.715. The van der Waals surface area contributed by atoms with E-state index in [2.05, 4.69) is 32.2 Å². The van der Waals surface area contributed by atoms with Crippen LogP contribution in [0.5, 0.6) is 0 Å². The predicted octanol–water partition coefficient (Wildman–Crippen LogP) is 4.60. The molecule has 1 rings (SSSR count). The highest BCUT2D eigenvalue weighted by Gasteiger charge is 2.14. The minimum atomic E-state index is 0.317. The fourth-order valence-corrected chi connectivity index (χ4v) is 2.23. The third-order valence-electron chi connectivity index (χ3n) is 3.22. The van der Waals surface area contributed by atoms with Gasteiger partial charge >= 0.3 is 0 Å². The van der Waals surface area contributed by atoms with Crippen molar-refractivity contribution in [3.05, 3.63) is 23.7 Å². The molecule has 0 radical (unpaired) electrons. The molecule has 0 spiro atoms. The lowest BCUT2D eigenvalue weighted by atomic mass is 10.0. The zero-order chi connectivity index (χ0) is 12.7. The number of unbranched alkanes of at least 4 members (excludes halogenated alkanes) is 1. The van der Waals surface area contributed by atoms with Gasteiger partial charge in [-0.2, -0.15) is 0 Å². The summed E-state index contributed by atoms with van der Waals surface area (Å²) in [5, 5.41) is 3.69. The van der Waals surface area contributed by atoms with E-state index >= 15 is 0 Å². The molecular formula is C15H27NO. The van der Waals surface area contributed by atoms with E-state index in [0.29, 0.717) is 12.1 Å². The number of furan rings is 1. The van der Waals surface area contributed by atoms with Gasteiger partial charge in [0.25, 0.3) is 0 Å². The molecule has 0 fully saturated rings. The maximum Gasteiger partial charge on any atom is 0.120 e. The van der Waals surface area contributed by atoms with Gasteiger partial charge in [0.2, 0.25) is 0 Å². The molecule has 0 saturated carbocycles. The number of hydrogen-bond donors (Lipinski definition) is 1. The van der Waals surface area contributed by atoms with E-state index in [1.165, 1.54) is 32.1 Å². The lowest BCUT2D eigenvalue weighted by Crippen LogP contribution is -2.31. The first-order valence-electron chi connectivity index (χ1n) is 6.99. The van der Waals surface area contributed by atoms with E-state index in [1.807, 2.05) is 13.0 Å². The van der Waals surface area contributed by atoms with E-state index < -0.39 is 0 Å². The van der Waals surface area contributed by atoms with Crippen LogP contribution >= 0.6 is 0 Å². The predicted molar refractivity (Wildman–Crippen MR) is 73.2 cm³/mol. The van der Waals surface area contributed by atoms with Gasteiger partial charge in [-0.1, -0.05) is 33.1 Å². The highest BCUT2D eigenvalue weighted by Crippen LogP contribution is 2.18. The summed E-state index contributed by atoms with van der Waals surface area (Å²) in [6.07, 6.45) is 6.35. The minimum Gasteiger partial charge on any atom is -0.465 e. The van der Waals surface area contributed by atoms with Crippen LogP contribution in [0.15, 0.2) is 16.5 Å². The van der Waals surface area contributed by atoms with Gasteiger partial charge in [-0.05, 0) is 38.8 Å². The van der Waals surface area contributed by atoms with Crippen LogP contribution in [0, 0.1) is 6.92 Å². The molecule has 0 aliphatic heterocycles. The lowest BCUT2D eigenvalue weighted by molar-refractivity contribution is 0.351. The summed E-state index contributed by atoms with van der Waals surface area (Å²) in [5.74, 6) is 2.05. The second kappa shape index (κ2) is 7.54. The van der Waals surface area contributed by atoms with Gasteiger partial charge in [0.1, 0.15) is 11.5 Å². The third-order valence-corrected chi connectivity index (χ3v) is 3.22. The van der Waals surface area contributed by atoms with Gasteiger partial charge in [0, 0.05) is 6.04 Å². The molecule has 98 valence electrons. The van der Waals surface area contributed by atoms with Crippen molar-refractivity contribution >= 4 is 0 Å². The Bertz CT molecular complexity index is 306. The second-order valence-corrected chi connectivity index (χ2v) is 4.96. The summed E-state index contributed by atoms with van der Waals surface area (Å²) in [6, 6.07) is 5.06. The Morgan fingerprint density at radius 2 is 1.94 bits per heavy atom. The van der Waals surface area contributed by atoms with E-state index in [0.717, 1.165) is 11.5 Å². The van der Waals surface area contributed by atoms with Crippen molar-refractivity contribution in [1.82, 2.24) is 5.32 Å². The second-order valence-electron chi connectivity index (χ2n) is 4.96. The Morgan fingerprint density at radius 3 is 2.47 bits per heavy atom.